The van der Waals surface area contributed by atoms with Gasteiger partial charge in [-0.2, -0.15) is 11.8 Å². The monoisotopic (exact) mass is 386 g/mol. The van der Waals surface area contributed by atoms with E-state index in [-0.39, 0.29) is 18.3 Å². The Balaban J connectivity index is 1.85. The maximum Gasteiger partial charge on any atom is 0.573 e. The number of nitrogens with one attached hydrogen (secondary N) is 1. The zero-order chi connectivity index (χ0) is 19.0. The largest absolute Gasteiger partial charge is 0.573 e. The highest BCUT2D eigenvalue weighted by Gasteiger charge is 2.30. The minimum Gasteiger partial charge on any atom is -0.489 e. The Kier molecular flexibility index (Phi) is 7.14. The number of carbonyl (C=O) groups is 1. The summed E-state index contributed by atoms with van der Waals surface area (Å²) in [4.78, 5) is 15.9. The fourth-order valence-corrected chi connectivity index (χ4v) is 2.21. The molecular weight excluding hydrogens is 369 g/mol. The first kappa shape index (κ1) is 19.9. The molecular formula is C17H17F3N2O3S. The van der Waals surface area contributed by atoms with Crippen LogP contribution in [0.25, 0.3) is 0 Å². The molecule has 0 saturated heterocycles. The van der Waals surface area contributed by atoms with E-state index in [2.05, 4.69) is 15.0 Å². The van der Waals surface area contributed by atoms with Gasteiger partial charge in [-0.3, -0.25) is 9.78 Å². The van der Waals surface area contributed by atoms with Crippen LogP contribution in [0.1, 0.15) is 16.1 Å². The predicted octanol–water partition coefficient (Wildman–Crippen LogP) is 3.65. The van der Waals surface area contributed by atoms with E-state index in [1.54, 1.807) is 23.9 Å². The number of halogens is 3. The number of nitrogens with zero attached hydrogens (tertiary/aromatic N) is 1. The van der Waals surface area contributed by atoms with Gasteiger partial charge in [0.15, 0.2) is 0 Å². The Morgan fingerprint density at radius 1 is 1.15 bits per heavy atom. The first-order chi connectivity index (χ1) is 12.4. The molecule has 0 saturated carbocycles. The van der Waals surface area contributed by atoms with Gasteiger partial charge >= 0.3 is 6.36 Å². The molecule has 0 unspecified atom stereocenters. The molecule has 0 spiro atoms. The maximum atomic E-state index is 12.1. The molecule has 1 aromatic carbocycles. The topological polar surface area (TPSA) is 60.5 Å². The highest BCUT2D eigenvalue weighted by molar-refractivity contribution is 7.98. The van der Waals surface area contributed by atoms with Gasteiger partial charge in [-0.25, -0.2) is 0 Å². The first-order valence-corrected chi connectivity index (χ1v) is 8.97. The minimum absolute atomic E-state index is 0.168. The normalized spacial score (nSPS) is 11.1. The number of carbonyl (C=O) groups excluding carboxylic acids is 1. The third kappa shape index (κ3) is 6.83. The molecule has 0 radical (unpaired) electrons. The smallest absolute Gasteiger partial charge is 0.489 e. The van der Waals surface area contributed by atoms with E-state index in [1.807, 2.05) is 6.26 Å². The van der Waals surface area contributed by atoms with Crippen LogP contribution in [0, 0.1) is 0 Å². The van der Waals surface area contributed by atoms with E-state index in [0.717, 1.165) is 11.3 Å². The fraction of sp³-hybridized carbons (Fsp3) is 0.294. The number of amides is 1. The summed E-state index contributed by atoms with van der Waals surface area (Å²) in [6.45, 7) is 0.738. The molecule has 2 aromatic rings. The van der Waals surface area contributed by atoms with E-state index in [4.69, 9.17) is 4.74 Å². The van der Waals surface area contributed by atoms with Gasteiger partial charge in [0.1, 0.15) is 23.8 Å². The summed E-state index contributed by atoms with van der Waals surface area (Å²) in [6.07, 6.45) is -1.25. The quantitative estimate of drug-likeness (QED) is 0.702. The Hall–Kier alpha value is -2.42. The molecule has 0 aliphatic carbocycles. The molecule has 0 atom stereocenters. The third-order valence-corrected chi connectivity index (χ3v) is 3.72. The van der Waals surface area contributed by atoms with Crippen LogP contribution in [0.3, 0.4) is 0 Å². The van der Waals surface area contributed by atoms with E-state index in [1.165, 1.54) is 30.5 Å². The Morgan fingerprint density at radius 2 is 1.85 bits per heavy atom. The van der Waals surface area contributed by atoms with Crippen LogP contribution in [0.4, 0.5) is 13.2 Å². The minimum atomic E-state index is -4.72. The van der Waals surface area contributed by atoms with Gasteiger partial charge in [0.25, 0.3) is 5.91 Å². The average molecular weight is 386 g/mol. The van der Waals surface area contributed by atoms with E-state index in [0.29, 0.717) is 18.0 Å². The van der Waals surface area contributed by atoms with Crippen LogP contribution in [0.5, 0.6) is 11.5 Å². The number of pyridine rings is 1. The highest BCUT2D eigenvalue weighted by atomic mass is 32.2. The van der Waals surface area contributed by atoms with Crippen LogP contribution < -0.4 is 14.8 Å². The van der Waals surface area contributed by atoms with Crippen LogP contribution in [0.15, 0.2) is 42.6 Å². The van der Waals surface area contributed by atoms with Crippen molar-refractivity contribution in [2.75, 3.05) is 18.6 Å². The van der Waals surface area contributed by atoms with E-state index in [9.17, 15) is 18.0 Å². The lowest BCUT2D eigenvalue weighted by Gasteiger charge is -2.10. The summed E-state index contributed by atoms with van der Waals surface area (Å²) in [6, 6.07) is 8.39. The lowest BCUT2D eigenvalue weighted by molar-refractivity contribution is -0.274. The maximum absolute atomic E-state index is 12.1. The summed E-state index contributed by atoms with van der Waals surface area (Å²) in [5.74, 6) is 0.651. The number of benzene rings is 1. The summed E-state index contributed by atoms with van der Waals surface area (Å²) >= 11 is 1.63. The van der Waals surface area contributed by atoms with Gasteiger partial charge in [-0.05, 0) is 36.6 Å². The summed E-state index contributed by atoms with van der Waals surface area (Å²) in [5.41, 5.74) is 1.03. The van der Waals surface area contributed by atoms with E-state index < -0.39 is 6.36 Å². The number of alkyl halides is 3. The fourth-order valence-electron chi connectivity index (χ4n) is 1.91. The summed E-state index contributed by atoms with van der Waals surface area (Å²) < 4.78 is 45.6. The van der Waals surface area contributed by atoms with Gasteiger partial charge in [-0.15, -0.1) is 13.2 Å². The van der Waals surface area contributed by atoms with Crippen LogP contribution in [-0.4, -0.2) is 35.8 Å². The predicted molar refractivity (Wildman–Crippen MR) is 92.4 cm³/mol. The van der Waals surface area contributed by atoms with E-state index >= 15 is 0 Å². The molecule has 0 fully saturated rings. The van der Waals surface area contributed by atoms with Gasteiger partial charge < -0.3 is 14.8 Å². The van der Waals surface area contributed by atoms with Crippen molar-refractivity contribution in [1.82, 2.24) is 10.3 Å². The number of ether oxygens (including phenoxy) is 2. The molecule has 5 nitrogen and oxygen atoms in total. The van der Waals surface area contributed by atoms with Crippen molar-refractivity contribution in [2.24, 2.45) is 0 Å². The number of aromatic nitrogens is 1. The second-order valence-corrected chi connectivity index (χ2v) is 6.09. The lowest BCUT2D eigenvalue weighted by atomic mass is 10.2. The molecule has 1 amide bonds. The molecule has 0 bridgehead atoms. The van der Waals surface area contributed by atoms with Crippen molar-refractivity contribution in [3.05, 3.63) is 53.9 Å². The molecule has 1 aromatic heterocycles. The van der Waals surface area contributed by atoms with Crippen molar-refractivity contribution < 1.29 is 27.4 Å². The molecule has 1 heterocycles. The van der Waals surface area contributed by atoms with Crippen molar-refractivity contribution in [3.63, 3.8) is 0 Å². The molecule has 9 heteroatoms. The van der Waals surface area contributed by atoms with Gasteiger partial charge in [0, 0.05) is 24.1 Å². The van der Waals surface area contributed by atoms with Gasteiger partial charge in [-0.1, -0.05) is 6.07 Å². The summed E-state index contributed by atoms with van der Waals surface area (Å²) in [7, 11) is 0. The van der Waals surface area contributed by atoms with Crippen molar-refractivity contribution in [3.8, 4) is 11.5 Å². The second kappa shape index (κ2) is 9.33. The van der Waals surface area contributed by atoms with Crippen LogP contribution >= 0.6 is 11.8 Å². The van der Waals surface area contributed by atoms with Crippen molar-refractivity contribution in [2.45, 2.75) is 13.0 Å². The van der Waals surface area contributed by atoms with Crippen molar-refractivity contribution in [1.29, 1.82) is 0 Å². The Labute approximate surface area is 152 Å². The SMILES string of the molecule is CSCCNC(=O)c1ccc(COc2ccc(OC(F)(F)F)cc2)cn1. The Bertz CT molecular complexity index is 707. The lowest BCUT2D eigenvalue weighted by Crippen LogP contribution is -2.26. The molecule has 140 valence electrons. The highest BCUT2D eigenvalue weighted by Crippen LogP contribution is 2.25. The average Bonchev–Trinajstić information content (AvgIpc) is 2.60. The van der Waals surface area contributed by atoms with Gasteiger partial charge in [0.05, 0.1) is 0 Å². The van der Waals surface area contributed by atoms with Crippen LogP contribution in [-0.2, 0) is 6.61 Å². The summed E-state index contributed by atoms with van der Waals surface area (Å²) in [5, 5.41) is 2.75. The molecule has 2 rings (SSSR count). The first-order valence-electron chi connectivity index (χ1n) is 7.58. The molecule has 0 aliphatic rings. The standard InChI is InChI=1S/C17H17F3N2O3S/c1-26-9-8-21-16(23)15-7-2-12(10-22-15)11-24-13-3-5-14(6-4-13)25-17(18,19)20/h2-7,10H,8-9,11H2,1H3,(H,21,23). The third-order valence-electron chi connectivity index (χ3n) is 3.11. The number of hydrogen-bond donors (Lipinski definition) is 1. The Morgan fingerprint density at radius 3 is 2.42 bits per heavy atom. The van der Waals surface area contributed by atoms with Gasteiger partial charge in [0.2, 0.25) is 0 Å². The zero-order valence-corrected chi connectivity index (χ0v) is 14.7. The number of hydrogen-bond acceptors (Lipinski definition) is 5. The van der Waals surface area contributed by atoms with Crippen molar-refractivity contribution >= 4 is 17.7 Å². The number of thioether (sulfide) groups is 1. The second-order valence-electron chi connectivity index (χ2n) is 5.11. The molecule has 26 heavy (non-hydrogen) atoms. The van der Waals surface area contributed by atoms with Crippen LogP contribution in [0.2, 0.25) is 0 Å². The molecule has 1 N–H and O–H groups in total. The number of rotatable bonds is 8. The zero-order valence-electron chi connectivity index (χ0n) is 13.9. The molecule has 0 aliphatic heterocycles.